The Kier molecular flexibility index (Phi) is 8.02. The number of likely N-dealkylation sites (tertiary alicyclic amines) is 3. The Balaban J connectivity index is 1.33. The van der Waals surface area contributed by atoms with E-state index < -0.39 is 24.2 Å². The minimum Gasteiger partial charge on any atom is -0.461 e. The fraction of sp³-hybridized carbons (Fsp3) is 0.808. The van der Waals surface area contributed by atoms with Gasteiger partial charge in [0.15, 0.2) is 0 Å². The lowest BCUT2D eigenvalue weighted by atomic mass is 9.99. The van der Waals surface area contributed by atoms with Crippen LogP contribution >= 0.6 is 0 Å². The molecule has 4 fully saturated rings. The minimum absolute atomic E-state index is 0.0257. The lowest BCUT2D eigenvalue weighted by Gasteiger charge is -2.38. The van der Waals surface area contributed by atoms with Crippen LogP contribution in [0.2, 0.25) is 0 Å². The zero-order chi connectivity index (χ0) is 26.0. The minimum atomic E-state index is -0.635. The fourth-order valence-electron chi connectivity index (χ4n) is 6.09. The number of hydrogen-bond donors (Lipinski definition) is 1. The second-order valence-electron chi connectivity index (χ2n) is 11.3. The summed E-state index contributed by atoms with van der Waals surface area (Å²) in [5, 5.41) is 2.65. The number of ether oxygens (including phenoxy) is 1. The molecular formula is C26H40N4O6. The van der Waals surface area contributed by atoms with Gasteiger partial charge in [0.2, 0.25) is 17.7 Å². The van der Waals surface area contributed by atoms with Crippen LogP contribution in [0.5, 0.6) is 0 Å². The number of nitrogens with one attached hydrogen (secondary N) is 1. The molecule has 3 heterocycles. The predicted molar refractivity (Wildman–Crippen MR) is 131 cm³/mol. The summed E-state index contributed by atoms with van der Waals surface area (Å²) in [5.41, 5.74) is 0.287. The van der Waals surface area contributed by atoms with E-state index in [1.165, 1.54) is 0 Å². The highest BCUT2D eigenvalue weighted by Crippen LogP contribution is 2.54. The number of esters is 1. The number of likely N-dealkylation sites (N-methyl/N-ethyl adjacent to an activating group) is 1. The normalized spacial score (nSPS) is 29.0. The van der Waals surface area contributed by atoms with Crippen molar-refractivity contribution in [3.8, 4) is 0 Å². The van der Waals surface area contributed by atoms with Gasteiger partial charge in [0.05, 0.1) is 12.5 Å². The third-order valence-corrected chi connectivity index (χ3v) is 8.27. The number of nitrogens with zero attached hydrogens (tertiary/aromatic N) is 3. The van der Waals surface area contributed by atoms with Crippen molar-refractivity contribution in [1.29, 1.82) is 0 Å². The van der Waals surface area contributed by atoms with Crippen molar-refractivity contribution in [3.63, 3.8) is 0 Å². The second kappa shape index (κ2) is 10.9. The molecule has 1 N–H and O–H groups in total. The molecule has 0 aromatic rings. The molecule has 1 aliphatic carbocycles. The van der Waals surface area contributed by atoms with Crippen molar-refractivity contribution in [3.05, 3.63) is 0 Å². The Bertz CT molecular complexity index is 890. The maximum atomic E-state index is 13.5. The van der Waals surface area contributed by atoms with E-state index >= 15 is 0 Å². The SMILES string of the molecule is CC(C=O)NC(=O)C1CCCCN1C(=O)C1CCCN1C(=O)CC(C)OC(=O)C1CC2(CC2)CN1C. The van der Waals surface area contributed by atoms with Crippen LogP contribution in [-0.4, -0.2) is 102 Å². The molecule has 10 nitrogen and oxygen atoms in total. The lowest BCUT2D eigenvalue weighted by molar-refractivity contribution is -0.156. The number of piperidine rings is 1. The molecule has 0 bridgehead atoms. The second-order valence-corrected chi connectivity index (χ2v) is 11.3. The molecule has 3 saturated heterocycles. The molecule has 1 saturated carbocycles. The van der Waals surface area contributed by atoms with Crippen LogP contribution in [0.1, 0.15) is 71.6 Å². The van der Waals surface area contributed by atoms with Gasteiger partial charge in [-0.2, -0.15) is 0 Å². The monoisotopic (exact) mass is 504 g/mol. The number of aldehydes is 1. The van der Waals surface area contributed by atoms with Crippen molar-refractivity contribution in [2.45, 2.75) is 102 Å². The summed E-state index contributed by atoms with van der Waals surface area (Å²) in [5.74, 6) is -1.03. The first-order chi connectivity index (χ1) is 17.1. The maximum Gasteiger partial charge on any atom is 0.323 e. The maximum absolute atomic E-state index is 13.5. The molecule has 3 aliphatic heterocycles. The summed E-state index contributed by atoms with van der Waals surface area (Å²) in [6, 6.07) is -2.13. The third-order valence-electron chi connectivity index (χ3n) is 8.27. The zero-order valence-electron chi connectivity index (χ0n) is 21.7. The third kappa shape index (κ3) is 5.74. The van der Waals surface area contributed by atoms with Crippen LogP contribution in [-0.2, 0) is 28.7 Å². The van der Waals surface area contributed by atoms with E-state index in [1.807, 2.05) is 7.05 Å². The molecule has 4 aliphatic rings. The largest absolute Gasteiger partial charge is 0.461 e. The van der Waals surface area contributed by atoms with Crippen LogP contribution in [0, 0.1) is 5.41 Å². The standard InChI is InChI=1S/C26H40N4O6/c1-17(15-31)27-23(33)19-7-4-5-11-30(19)24(34)20-8-6-12-29(20)22(32)13-18(2)36-25(35)21-14-26(9-10-26)16-28(21)3/h15,17-21H,4-14,16H2,1-3H3,(H,27,33). The van der Waals surface area contributed by atoms with Crippen molar-refractivity contribution in [2.24, 2.45) is 5.41 Å². The molecular weight excluding hydrogens is 464 g/mol. The lowest BCUT2D eigenvalue weighted by Crippen LogP contribution is -2.58. The highest BCUT2D eigenvalue weighted by molar-refractivity contribution is 5.93. The number of carbonyl (C=O) groups excluding carboxylic acids is 5. The van der Waals surface area contributed by atoms with E-state index in [0.29, 0.717) is 38.6 Å². The molecule has 5 unspecified atom stereocenters. The van der Waals surface area contributed by atoms with Gasteiger partial charge in [-0.3, -0.25) is 24.1 Å². The first kappa shape index (κ1) is 26.6. The van der Waals surface area contributed by atoms with E-state index in [-0.39, 0.29) is 41.6 Å². The average molecular weight is 505 g/mol. The Morgan fingerprint density at radius 2 is 1.69 bits per heavy atom. The summed E-state index contributed by atoms with van der Waals surface area (Å²) >= 11 is 0. The predicted octanol–water partition coefficient (Wildman–Crippen LogP) is 0.868. The molecule has 10 heteroatoms. The Labute approximate surface area is 213 Å². The van der Waals surface area contributed by atoms with Crippen molar-refractivity contribution >= 4 is 30.0 Å². The molecule has 4 rings (SSSR count). The van der Waals surface area contributed by atoms with Crippen LogP contribution in [0.4, 0.5) is 0 Å². The summed E-state index contributed by atoms with van der Waals surface area (Å²) in [4.78, 5) is 68.4. The first-order valence-electron chi connectivity index (χ1n) is 13.4. The van der Waals surface area contributed by atoms with Gasteiger partial charge >= 0.3 is 5.97 Å². The topological polar surface area (TPSA) is 116 Å². The Hall–Kier alpha value is -2.49. The molecule has 3 amide bonds. The van der Waals surface area contributed by atoms with Gasteiger partial charge in [0, 0.05) is 19.6 Å². The summed E-state index contributed by atoms with van der Waals surface area (Å²) in [6.45, 7) is 5.16. The van der Waals surface area contributed by atoms with E-state index in [4.69, 9.17) is 4.74 Å². The number of hydrogen-bond acceptors (Lipinski definition) is 7. The Morgan fingerprint density at radius 1 is 1.00 bits per heavy atom. The highest BCUT2D eigenvalue weighted by atomic mass is 16.5. The van der Waals surface area contributed by atoms with Gasteiger partial charge in [-0.15, -0.1) is 0 Å². The molecule has 36 heavy (non-hydrogen) atoms. The van der Waals surface area contributed by atoms with Gasteiger partial charge < -0.3 is 24.6 Å². The van der Waals surface area contributed by atoms with Gasteiger partial charge in [-0.25, -0.2) is 0 Å². The van der Waals surface area contributed by atoms with E-state index in [2.05, 4.69) is 10.2 Å². The van der Waals surface area contributed by atoms with Gasteiger partial charge in [-0.1, -0.05) is 0 Å². The van der Waals surface area contributed by atoms with Gasteiger partial charge in [0.25, 0.3) is 0 Å². The van der Waals surface area contributed by atoms with Crippen LogP contribution in [0.3, 0.4) is 0 Å². The number of rotatable bonds is 8. The van der Waals surface area contributed by atoms with Crippen molar-refractivity contribution < 1.29 is 28.7 Å². The van der Waals surface area contributed by atoms with E-state index in [9.17, 15) is 24.0 Å². The molecule has 0 aromatic heterocycles. The van der Waals surface area contributed by atoms with E-state index in [1.54, 1.807) is 23.6 Å². The smallest absolute Gasteiger partial charge is 0.323 e. The van der Waals surface area contributed by atoms with Crippen molar-refractivity contribution in [2.75, 3.05) is 26.7 Å². The van der Waals surface area contributed by atoms with E-state index in [0.717, 1.165) is 38.6 Å². The molecule has 200 valence electrons. The summed E-state index contributed by atoms with van der Waals surface area (Å²) in [6.07, 6.45) is 6.66. The van der Waals surface area contributed by atoms with Crippen LogP contribution in [0.25, 0.3) is 0 Å². The zero-order valence-corrected chi connectivity index (χ0v) is 21.7. The van der Waals surface area contributed by atoms with Gasteiger partial charge in [0.1, 0.15) is 30.5 Å². The summed E-state index contributed by atoms with van der Waals surface area (Å²) < 4.78 is 5.66. The molecule has 1 spiro atoms. The van der Waals surface area contributed by atoms with Crippen LogP contribution < -0.4 is 5.32 Å². The quantitative estimate of drug-likeness (QED) is 0.385. The van der Waals surface area contributed by atoms with Gasteiger partial charge in [-0.05, 0) is 77.7 Å². The Morgan fingerprint density at radius 3 is 2.36 bits per heavy atom. The highest BCUT2D eigenvalue weighted by Gasteiger charge is 2.53. The fourth-order valence-corrected chi connectivity index (χ4v) is 6.09. The molecule has 5 atom stereocenters. The molecule has 0 radical (unpaired) electrons. The van der Waals surface area contributed by atoms with Crippen molar-refractivity contribution in [1.82, 2.24) is 20.0 Å². The number of carbonyl (C=O) groups is 5. The average Bonchev–Trinajstić information content (AvgIpc) is 3.26. The van der Waals surface area contributed by atoms with Crippen LogP contribution in [0.15, 0.2) is 0 Å². The number of amides is 3. The first-order valence-corrected chi connectivity index (χ1v) is 13.4. The molecule has 0 aromatic carbocycles. The summed E-state index contributed by atoms with van der Waals surface area (Å²) in [7, 11) is 1.95.